The molecule has 0 aliphatic carbocycles. The summed E-state index contributed by atoms with van der Waals surface area (Å²) in [5.74, 6) is 1.73. The molecule has 180 valence electrons. The van der Waals surface area contributed by atoms with Gasteiger partial charge < -0.3 is 19.2 Å². The Morgan fingerprint density at radius 2 is 1.77 bits per heavy atom. The van der Waals surface area contributed by atoms with Crippen LogP contribution in [0.25, 0.3) is 27.7 Å². The lowest BCUT2D eigenvalue weighted by atomic mass is 9.99. The molecule has 0 saturated heterocycles. The van der Waals surface area contributed by atoms with Crippen molar-refractivity contribution in [3.63, 3.8) is 0 Å². The first-order chi connectivity index (χ1) is 16.9. The maximum Gasteiger partial charge on any atom is 0.248 e. The van der Waals surface area contributed by atoms with Gasteiger partial charge in [0, 0.05) is 34.3 Å². The fourth-order valence-electron chi connectivity index (χ4n) is 4.06. The molecule has 4 aromatic rings. The smallest absolute Gasteiger partial charge is 0.248 e. The van der Waals surface area contributed by atoms with Crippen molar-refractivity contribution in [2.45, 2.75) is 33.6 Å². The number of fused-ring (bicyclic) bond motifs is 1. The molecule has 1 aromatic heterocycles. The SMILES string of the molecule is CCOc1ccc(-c2coc3cc(OC)c(/C(C)=C/C(=O)Nc4ccc(C(C)C)cc4)cc23)cc1. The Morgan fingerprint density at radius 1 is 1.06 bits per heavy atom. The number of hydrogen-bond acceptors (Lipinski definition) is 4. The van der Waals surface area contributed by atoms with Gasteiger partial charge >= 0.3 is 0 Å². The van der Waals surface area contributed by atoms with Crippen LogP contribution in [0.3, 0.4) is 0 Å². The quantitative estimate of drug-likeness (QED) is 0.269. The van der Waals surface area contributed by atoms with Crippen LogP contribution in [0.5, 0.6) is 11.5 Å². The van der Waals surface area contributed by atoms with Crippen LogP contribution in [-0.2, 0) is 4.79 Å². The van der Waals surface area contributed by atoms with Gasteiger partial charge in [-0.3, -0.25) is 4.79 Å². The van der Waals surface area contributed by atoms with Gasteiger partial charge in [0.2, 0.25) is 5.91 Å². The number of hydrogen-bond donors (Lipinski definition) is 1. The van der Waals surface area contributed by atoms with Gasteiger partial charge in [-0.1, -0.05) is 38.1 Å². The minimum atomic E-state index is -0.194. The van der Waals surface area contributed by atoms with Gasteiger partial charge in [-0.15, -0.1) is 0 Å². The van der Waals surface area contributed by atoms with Crippen molar-refractivity contribution >= 4 is 28.1 Å². The van der Waals surface area contributed by atoms with E-state index < -0.39 is 0 Å². The fraction of sp³-hybridized carbons (Fsp3) is 0.233. The molecular formula is C30H31NO4. The number of methoxy groups -OCH3 is 1. The lowest BCUT2D eigenvalue weighted by Gasteiger charge is -2.11. The van der Waals surface area contributed by atoms with Crippen LogP contribution in [0.1, 0.15) is 44.7 Å². The molecule has 5 nitrogen and oxygen atoms in total. The number of benzene rings is 3. The Hall–Kier alpha value is -3.99. The van der Waals surface area contributed by atoms with E-state index in [9.17, 15) is 4.79 Å². The molecule has 0 aliphatic heterocycles. The molecule has 0 saturated carbocycles. The van der Waals surface area contributed by atoms with Crippen LogP contribution in [0.15, 0.2) is 77.4 Å². The van der Waals surface area contributed by atoms with Crippen molar-refractivity contribution in [2.24, 2.45) is 0 Å². The molecule has 0 atom stereocenters. The topological polar surface area (TPSA) is 60.7 Å². The predicted molar refractivity (Wildman–Crippen MR) is 142 cm³/mol. The lowest BCUT2D eigenvalue weighted by molar-refractivity contribution is -0.111. The van der Waals surface area contributed by atoms with Gasteiger partial charge in [-0.25, -0.2) is 0 Å². The number of amides is 1. The van der Waals surface area contributed by atoms with Crippen molar-refractivity contribution < 1.29 is 18.7 Å². The van der Waals surface area contributed by atoms with Crippen molar-refractivity contribution in [3.8, 4) is 22.6 Å². The summed E-state index contributed by atoms with van der Waals surface area (Å²) in [7, 11) is 1.62. The van der Waals surface area contributed by atoms with Crippen LogP contribution in [0.2, 0.25) is 0 Å². The number of carbonyl (C=O) groups is 1. The lowest BCUT2D eigenvalue weighted by Crippen LogP contribution is -2.08. The van der Waals surface area contributed by atoms with Gasteiger partial charge in [0.1, 0.15) is 17.1 Å². The zero-order valence-corrected chi connectivity index (χ0v) is 20.8. The highest BCUT2D eigenvalue weighted by Gasteiger charge is 2.15. The molecule has 3 aromatic carbocycles. The monoisotopic (exact) mass is 469 g/mol. The summed E-state index contributed by atoms with van der Waals surface area (Å²) in [4.78, 5) is 12.7. The number of rotatable bonds is 8. The summed E-state index contributed by atoms with van der Waals surface area (Å²) < 4.78 is 17.0. The summed E-state index contributed by atoms with van der Waals surface area (Å²) >= 11 is 0. The van der Waals surface area contributed by atoms with E-state index >= 15 is 0 Å². The summed E-state index contributed by atoms with van der Waals surface area (Å²) in [6.45, 7) is 8.78. The molecule has 5 heteroatoms. The van der Waals surface area contributed by atoms with Crippen molar-refractivity contribution in [1.29, 1.82) is 0 Å². The van der Waals surface area contributed by atoms with Crippen LogP contribution < -0.4 is 14.8 Å². The first kappa shape index (κ1) is 24.1. The van der Waals surface area contributed by atoms with Crippen LogP contribution in [0, 0.1) is 0 Å². The van der Waals surface area contributed by atoms with E-state index in [0.717, 1.165) is 44.7 Å². The van der Waals surface area contributed by atoms with Gasteiger partial charge in [0.05, 0.1) is 20.0 Å². The fourth-order valence-corrected chi connectivity index (χ4v) is 4.06. The molecule has 0 unspecified atom stereocenters. The standard InChI is InChI=1S/C30H31NO4/c1-6-34-24-13-9-22(10-14-24)27-18-35-29-17-28(33-5)25(16-26(27)29)20(4)15-30(32)31-23-11-7-21(8-12-23)19(2)3/h7-19H,6H2,1-5H3,(H,31,32)/b20-15+. The Morgan fingerprint density at radius 3 is 2.40 bits per heavy atom. The first-order valence-corrected chi connectivity index (χ1v) is 11.8. The first-order valence-electron chi connectivity index (χ1n) is 11.8. The molecule has 0 fully saturated rings. The largest absolute Gasteiger partial charge is 0.496 e. The van der Waals surface area contributed by atoms with Gasteiger partial charge in [0.15, 0.2) is 0 Å². The van der Waals surface area contributed by atoms with Gasteiger partial charge in [0.25, 0.3) is 0 Å². The Kier molecular flexibility index (Phi) is 7.25. The second kappa shape index (κ2) is 10.5. The summed E-state index contributed by atoms with van der Waals surface area (Å²) in [5.41, 5.74) is 6.33. The van der Waals surface area contributed by atoms with E-state index in [1.54, 1.807) is 19.4 Å². The molecule has 4 rings (SSSR count). The Labute approximate surface area is 206 Å². The van der Waals surface area contributed by atoms with E-state index in [2.05, 4.69) is 19.2 Å². The predicted octanol–water partition coefficient (Wildman–Crippen LogP) is 7.67. The molecule has 35 heavy (non-hydrogen) atoms. The van der Waals surface area contributed by atoms with Crippen LogP contribution in [-0.4, -0.2) is 19.6 Å². The molecule has 1 heterocycles. The summed E-state index contributed by atoms with van der Waals surface area (Å²) in [6.07, 6.45) is 3.34. The van der Waals surface area contributed by atoms with Gasteiger partial charge in [-0.2, -0.15) is 0 Å². The number of anilines is 1. The van der Waals surface area contributed by atoms with Crippen molar-refractivity contribution in [1.82, 2.24) is 0 Å². The maximum atomic E-state index is 12.7. The third kappa shape index (κ3) is 5.40. The highest BCUT2D eigenvalue weighted by Crippen LogP contribution is 2.37. The molecule has 0 radical (unpaired) electrons. The number of allylic oxidation sites excluding steroid dienone is 1. The second-order valence-corrected chi connectivity index (χ2v) is 8.75. The second-order valence-electron chi connectivity index (χ2n) is 8.75. The maximum absolute atomic E-state index is 12.7. The zero-order valence-electron chi connectivity index (χ0n) is 20.8. The third-order valence-electron chi connectivity index (χ3n) is 5.99. The van der Waals surface area contributed by atoms with Crippen molar-refractivity contribution in [3.05, 3.63) is 84.1 Å². The van der Waals surface area contributed by atoms with E-state index in [0.29, 0.717) is 18.3 Å². The van der Waals surface area contributed by atoms with Gasteiger partial charge in [-0.05, 0) is 66.8 Å². The molecule has 0 bridgehead atoms. The minimum absolute atomic E-state index is 0.194. The van der Waals surface area contributed by atoms with E-state index in [-0.39, 0.29) is 5.91 Å². The molecule has 0 aliphatic rings. The highest BCUT2D eigenvalue weighted by molar-refractivity contribution is 6.05. The Balaban J connectivity index is 1.63. The van der Waals surface area contributed by atoms with Crippen molar-refractivity contribution in [2.75, 3.05) is 19.0 Å². The number of furan rings is 1. The van der Waals surface area contributed by atoms with E-state index in [4.69, 9.17) is 13.9 Å². The van der Waals surface area contributed by atoms with E-state index in [1.165, 1.54) is 5.56 Å². The minimum Gasteiger partial charge on any atom is -0.496 e. The number of ether oxygens (including phenoxy) is 2. The van der Waals surface area contributed by atoms with E-state index in [1.807, 2.05) is 74.5 Å². The highest BCUT2D eigenvalue weighted by atomic mass is 16.5. The third-order valence-corrected chi connectivity index (χ3v) is 5.99. The Bertz CT molecular complexity index is 1350. The van der Waals surface area contributed by atoms with Crippen LogP contribution in [0.4, 0.5) is 5.69 Å². The summed E-state index contributed by atoms with van der Waals surface area (Å²) in [5, 5.41) is 3.89. The average molecular weight is 470 g/mol. The summed E-state index contributed by atoms with van der Waals surface area (Å²) in [6, 6.07) is 19.7. The number of nitrogens with one attached hydrogen (secondary N) is 1. The van der Waals surface area contributed by atoms with Crippen LogP contribution >= 0.6 is 0 Å². The molecule has 1 N–H and O–H groups in total. The normalized spacial score (nSPS) is 11.7. The number of carbonyl (C=O) groups excluding carboxylic acids is 1. The average Bonchev–Trinajstić information content (AvgIpc) is 3.27. The molecular weight excluding hydrogens is 438 g/mol. The molecule has 1 amide bonds. The zero-order chi connectivity index (χ0) is 24.9. The molecule has 0 spiro atoms.